The van der Waals surface area contributed by atoms with Crippen molar-refractivity contribution in [1.82, 2.24) is 14.8 Å². The predicted molar refractivity (Wildman–Crippen MR) is 77.6 cm³/mol. The molecule has 0 aromatic heterocycles. The van der Waals surface area contributed by atoms with Gasteiger partial charge in [0, 0.05) is 18.9 Å². The second kappa shape index (κ2) is 5.24. The maximum atomic E-state index is 11.8. The number of carbonyl (C=O) groups is 1. The molecule has 118 valence electrons. The van der Waals surface area contributed by atoms with Crippen LogP contribution in [-0.4, -0.2) is 47.8 Å². The Morgan fingerprint density at radius 2 is 2.27 bits per heavy atom. The van der Waals surface area contributed by atoms with E-state index in [9.17, 15) is 18.0 Å². The number of nitrogens with zero attached hydrogens (tertiary/aromatic N) is 2. The number of hydrogen-bond donors (Lipinski definition) is 1. The van der Waals surface area contributed by atoms with Crippen LogP contribution in [-0.2, 0) is 21.1 Å². The summed E-state index contributed by atoms with van der Waals surface area (Å²) >= 11 is 0. The topological polar surface area (TPSA) is 111 Å². The predicted octanol–water partition coefficient (Wildman–Crippen LogP) is -0.102. The van der Waals surface area contributed by atoms with Crippen molar-refractivity contribution in [3.05, 3.63) is 28.3 Å². The SMILES string of the molecule is COC(=O)c1cn(C[C@H]2CCS(=O)(=O)C2)cc2c(=O)[nH]nc1-2. The van der Waals surface area contributed by atoms with Crippen LogP contribution in [0.2, 0.25) is 0 Å². The summed E-state index contributed by atoms with van der Waals surface area (Å²) in [5.74, 6) is -0.311. The van der Waals surface area contributed by atoms with Crippen molar-refractivity contribution in [2.75, 3.05) is 18.6 Å². The number of sulfone groups is 1. The van der Waals surface area contributed by atoms with E-state index in [1.54, 1.807) is 17.0 Å². The van der Waals surface area contributed by atoms with Gasteiger partial charge in [-0.25, -0.2) is 18.3 Å². The molecule has 0 amide bonds. The Bertz CT molecular complexity index is 851. The lowest BCUT2D eigenvalue weighted by Gasteiger charge is -2.14. The van der Waals surface area contributed by atoms with Crippen LogP contribution in [0.15, 0.2) is 17.2 Å². The molecule has 0 unspecified atom stereocenters. The summed E-state index contributed by atoms with van der Waals surface area (Å²) in [5.41, 5.74) is 0.323. The maximum Gasteiger partial charge on any atom is 0.341 e. The first-order valence-corrected chi connectivity index (χ1v) is 8.58. The maximum absolute atomic E-state index is 11.8. The average Bonchev–Trinajstić information content (AvgIpc) is 3.01. The second-order valence-electron chi connectivity index (χ2n) is 5.44. The average molecular weight is 325 g/mol. The molecule has 1 fully saturated rings. The molecule has 22 heavy (non-hydrogen) atoms. The van der Waals surface area contributed by atoms with Crippen molar-refractivity contribution in [2.24, 2.45) is 5.92 Å². The number of fused-ring (bicyclic) bond motifs is 1. The molecule has 9 heteroatoms. The number of aromatic amines is 1. The first-order valence-electron chi connectivity index (χ1n) is 6.76. The van der Waals surface area contributed by atoms with Gasteiger partial charge in [0.05, 0.1) is 24.2 Å². The van der Waals surface area contributed by atoms with Gasteiger partial charge in [-0.3, -0.25) is 4.79 Å². The summed E-state index contributed by atoms with van der Waals surface area (Å²) in [4.78, 5) is 23.6. The summed E-state index contributed by atoms with van der Waals surface area (Å²) in [6.07, 6.45) is 3.70. The van der Waals surface area contributed by atoms with Crippen LogP contribution in [0, 0.1) is 5.92 Å². The third-order valence-electron chi connectivity index (χ3n) is 3.82. The van der Waals surface area contributed by atoms with E-state index in [1.165, 1.54) is 7.11 Å². The van der Waals surface area contributed by atoms with Crippen molar-refractivity contribution < 1.29 is 17.9 Å². The number of hydrogen-bond acceptors (Lipinski definition) is 6. The number of rotatable bonds is 3. The Morgan fingerprint density at radius 3 is 2.91 bits per heavy atom. The van der Waals surface area contributed by atoms with Crippen molar-refractivity contribution in [1.29, 1.82) is 0 Å². The lowest BCUT2D eigenvalue weighted by molar-refractivity contribution is 0.0600. The highest BCUT2D eigenvalue weighted by molar-refractivity contribution is 7.91. The molecule has 0 saturated carbocycles. The highest BCUT2D eigenvalue weighted by Crippen LogP contribution is 2.24. The Morgan fingerprint density at radius 1 is 1.50 bits per heavy atom. The van der Waals surface area contributed by atoms with Crippen LogP contribution < -0.4 is 5.56 Å². The minimum Gasteiger partial charge on any atom is -0.465 e. The van der Waals surface area contributed by atoms with Crippen molar-refractivity contribution >= 4 is 15.8 Å². The van der Waals surface area contributed by atoms with Crippen LogP contribution in [0.4, 0.5) is 0 Å². The lowest BCUT2D eigenvalue weighted by atomic mass is 10.1. The Labute approximate surface area is 126 Å². The molecule has 0 spiro atoms. The molecule has 0 aliphatic carbocycles. The second-order valence-corrected chi connectivity index (χ2v) is 7.67. The van der Waals surface area contributed by atoms with E-state index in [0.717, 1.165) is 0 Å². The minimum atomic E-state index is -2.97. The van der Waals surface area contributed by atoms with E-state index in [2.05, 4.69) is 10.2 Å². The van der Waals surface area contributed by atoms with E-state index < -0.39 is 21.4 Å². The number of aromatic nitrogens is 3. The zero-order chi connectivity index (χ0) is 15.9. The first kappa shape index (κ1) is 14.8. The summed E-state index contributed by atoms with van der Waals surface area (Å²) in [6.45, 7) is 0.420. The van der Waals surface area contributed by atoms with Gasteiger partial charge in [0.15, 0.2) is 9.84 Å². The normalized spacial score (nSPS) is 20.3. The molecule has 3 aliphatic heterocycles. The van der Waals surface area contributed by atoms with Crippen LogP contribution >= 0.6 is 0 Å². The smallest absolute Gasteiger partial charge is 0.341 e. The van der Waals surface area contributed by atoms with Gasteiger partial charge in [0.2, 0.25) is 0 Å². The molecule has 3 rings (SSSR count). The number of H-pyrrole nitrogens is 1. The number of esters is 1. The van der Waals surface area contributed by atoms with Gasteiger partial charge in [-0.1, -0.05) is 0 Å². The van der Waals surface area contributed by atoms with E-state index in [-0.39, 0.29) is 34.2 Å². The Hall–Kier alpha value is -2.16. The molecule has 1 atom stereocenters. The van der Waals surface area contributed by atoms with Gasteiger partial charge in [0.1, 0.15) is 11.3 Å². The van der Waals surface area contributed by atoms with Crippen LogP contribution in [0.5, 0.6) is 0 Å². The standard InChI is InChI=1S/C13H15N3O5S/c1-21-13(18)10-6-16(4-8-2-3-22(19,20)7-8)5-9-11(10)14-15-12(9)17/h5-6,8H,2-4,7H2,1H3,(H,15,17)/t8-/m1/s1. The van der Waals surface area contributed by atoms with Crippen molar-refractivity contribution in [3.8, 4) is 11.3 Å². The molecule has 1 saturated heterocycles. The zero-order valence-electron chi connectivity index (χ0n) is 11.9. The van der Waals surface area contributed by atoms with Gasteiger partial charge >= 0.3 is 5.97 Å². The molecular weight excluding hydrogens is 310 g/mol. The van der Waals surface area contributed by atoms with Gasteiger partial charge in [-0.2, -0.15) is 5.10 Å². The van der Waals surface area contributed by atoms with Crippen molar-refractivity contribution in [2.45, 2.75) is 13.0 Å². The Kier molecular flexibility index (Phi) is 3.51. The van der Waals surface area contributed by atoms with Gasteiger partial charge < -0.3 is 9.30 Å². The summed E-state index contributed by atoms with van der Waals surface area (Å²) < 4.78 is 29.4. The molecule has 0 aromatic carbocycles. The third kappa shape index (κ3) is 2.63. The largest absolute Gasteiger partial charge is 0.465 e. The highest BCUT2D eigenvalue weighted by atomic mass is 32.2. The minimum absolute atomic E-state index is 0.0278. The fourth-order valence-corrected chi connectivity index (χ4v) is 4.62. The zero-order valence-corrected chi connectivity index (χ0v) is 12.7. The van der Waals surface area contributed by atoms with Gasteiger partial charge in [-0.05, 0) is 12.3 Å². The van der Waals surface area contributed by atoms with Gasteiger partial charge in [0.25, 0.3) is 5.56 Å². The summed E-state index contributed by atoms with van der Waals surface area (Å²) in [7, 11) is -1.72. The number of ether oxygens (including phenoxy) is 1. The first-order chi connectivity index (χ1) is 10.4. The fraction of sp³-hybridized carbons (Fsp3) is 0.462. The van der Waals surface area contributed by atoms with Crippen molar-refractivity contribution in [3.63, 3.8) is 0 Å². The lowest BCUT2D eigenvalue weighted by Crippen LogP contribution is -2.16. The van der Waals surface area contributed by atoms with Crippen LogP contribution in [0.3, 0.4) is 0 Å². The summed E-state index contributed by atoms with van der Waals surface area (Å²) in [6, 6.07) is 0. The van der Waals surface area contributed by atoms with E-state index in [1.807, 2.05) is 0 Å². The van der Waals surface area contributed by atoms with Crippen LogP contribution in [0.25, 0.3) is 11.3 Å². The Balaban J connectivity index is 1.99. The molecule has 8 nitrogen and oxygen atoms in total. The fourth-order valence-electron chi connectivity index (χ4n) is 2.77. The van der Waals surface area contributed by atoms with Crippen LogP contribution in [0.1, 0.15) is 16.8 Å². The van der Waals surface area contributed by atoms with Gasteiger partial charge in [-0.15, -0.1) is 0 Å². The third-order valence-corrected chi connectivity index (χ3v) is 5.65. The molecule has 3 aliphatic rings. The number of nitrogens with one attached hydrogen (secondary N) is 1. The molecule has 1 N–H and O–H groups in total. The number of pyridine rings is 1. The van der Waals surface area contributed by atoms with E-state index in [4.69, 9.17) is 4.74 Å². The molecule has 3 heterocycles. The molecule has 0 aromatic rings. The summed E-state index contributed by atoms with van der Waals surface area (Å²) in [5, 5.41) is 6.14. The highest BCUT2D eigenvalue weighted by Gasteiger charge is 2.29. The number of methoxy groups -OCH3 is 1. The monoisotopic (exact) mass is 325 g/mol. The number of carbonyl (C=O) groups excluding carboxylic acids is 1. The molecular formula is C13H15N3O5S. The van der Waals surface area contributed by atoms with E-state index in [0.29, 0.717) is 13.0 Å². The molecule has 0 bridgehead atoms. The quantitative estimate of drug-likeness (QED) is 0.789. The molecule has 0 radical (unpaired) electrons. The van der Waals surface area contributed by atoms with E-state index >= 15 is 0 Å².